The van der Waals surface area contributed by atoms with Crippen molar-refractivity contribution >= 4 is 28.4 Å². The van der Waals surface area contributed by atoms with Crippen LogP contribution in [0.25, 0.3) is 33.4 Å². The molecule has 1 saturated carbocycles. The van der Waals surface area contributed by atoms with Crippen LogP contribution in [-0.2, 0) is 13.6 Å². The molecule has 2 fully saturated rings. The van der Waals surface area contributed by atoms with Crippen molar-refractivity contribution in [2.24, 2.45) is 13.0 Å². The molecule has 7 rings (SSSR count). The van der Waals surface area contributed by atoms with Gasteiger partial charge in [-0.3, -0.25) is 9.88 Å². The Hall–Kier alpha value is -5.14. The molecule has 2 aliphatic rings. The van der Waals surface area contributed by atoms with Crippen LogP contribution in [0, 0.1) is 17.2 Å². The second-order valence-corrected chi connectivity index (χ2v) is 12.4. The summed E-state index contributed by atoms with van der Waals surface area (Å²) in [6.45, 7) is 4.88. The van der Waals surface area contributed by atoms with Crippen LogP contribution in [-0.4, -0.2) is 53.8 Å². The molecule has 10 heteroatoms. The summed E-state index contributed by atoms with van der Waals surface area (Å²) in [5.41, 5.74) is 6.38. The van der Waals surface area contributed by atoms with Gasteiger partial charge in [0.15, 0.2) is 5.82 Å². The number of aromatic nitrogens is 5. The Morgan fingerprint density at radius 3 is 2.69 bits per heavy atom. The van der Waals surface area contributed by atoms with E-state index in [1.54, 1.807) is 18.5 Å². The van der Waals surface area contributed by atoms with Crippen LogP contribution in [0.5, 0.6) is 0 Å². The normalized spacial score (nSPS) is 16.9. The minimum Gasteiger partial charge on any atom is -0.478 e. The minimum atomic E-state index is -0.990. The maximum absolute atomic E-state index is 12.6. The lowest BCUT2D eigenvalue weighted by molar-refractivity contribution is 0.0698. The number of benzene rings is 2. The van der Waals surface area contributed by atoms with Crippen LogP contribution >= 0.6 is 0 Å². The van der Waals surface area contributed by atoms with E-state index in [0.717, 1.165) is 60.4 Å². The Balaban J connectivity index is 1.30. The monoisotopic (exact) mass is 598 g/mol. The van der Waals surface area contributed by atoms with Gasteiger partial charge in [-0.05, 0) is 91.7 Å². The zero-order valence-electron chi connectivity index (χ0n) is 25.4. The fourth-order valence-electron chi connectivity index (χ4n) is 6.43. The van der Waals surface area contributed by atoms with Gasteiger partial charge >= 0.3 is 5.97 Å². The van der Waals surface area contributed by atoms with Gasteiger partial charge in [-0.2, -0.15) is 5.26 Å². The molecular formula is C35H34N8O2. The quantitative estimate of drug-likeness (QED) is 0.205. The molecule has 0 radical (unpaired) electrons. The van der Waals surface area contributed by atoms with Gasteiger partial charge < -0.3 is 15.0 Å². The van der Waals surface area contributed by atoms with Gasteiger partial charge in [0.25, 0.3) is 0 Å². The summed E-state index contributed by atoms with van der Waals surface area (Å²) in [5.74, 6) is 1.26. The van der Waals surface area contributed by atoms with Crippen molar-refractivity contribution < 1.29 is 9.90 Å². The van der Waals surface area contributed by atoms with Crippen molar-refractivity contribution in [1.82, 2.24) is 29.6 Å². The second-order valence-electron chi connectivity index (χ2n) is 12.4. The fraction of sp³-hybridized carbons (Fsp3) is 0.314. The SMILES string of the molecule is C[C@H]1CCCN(Cc2cc(C(=O)O)c3c(Nc4cc(-c5ccc(C#N)cc5-c5nncn5C)cc(C5CC5)n4)cccc3n2)C1. The van der Waals surface area contributed by atoms with Crippen LogP contribution in [0.3, 0.4) is 0 Å². The molecule has 0 spiro atoms. The Kier molecular flexibility index (Phi) is 7.47. The highest BCUT2D eigenvalue weighted by Gasteiger charge is 2.27. The Bertz CT molecular complexity index is 1970. The summed E-state index contributed by atoms with van der Waals surface area (Å²) >= 11 is 0. The van der Waals surface area contributed by atoms with Gasteiger partial charge in [0.1, 0.15) is 12.1 Å². The number of carbonyl (C=O) groups is 1. The van der Waals surface area contributed by atoms with E-state index in [-0.39, 0.29) is 5.56 Å². The standard InChI is InChI=1S/C35H34N8O2/c1-21-5-4-12-43(18-21)19-25-16-28(35(44)45)33-29(38-25)6-3-7-30(33)39-32-15-24(14-31(40-32)23-9-10-23)26-11-8-22(17-36)13-27(26)34-41-37-20-42(34)2/h3,6-8,11,13-16,20-21,23H,4-5,9-10,12,18-19H2,1-2H3,(H,39,40)(H,44,45)/t21-/m0/s1. The van der Waals surface area contributed by atoms with Crippen LogP contribution in [0.1, 0.15) is 65.8 Å². The van der Waals surface area contributed by atoms with Crippen molar-refractivity contribution in [3.05, 3.63) is 83.4 Å². The third kappa shape index (κ3) is 5.87. The van der Waals surface area contributed by atoms with E-state index in [9.17, 15) is 15.2 Å². The Labute approximate surface area is 261 Å². The van der Waals surface area contributed by atoms with Gasteiger partial charge in [-0.25, -0.2) is 9.78 Å². The van der Waals surface area contributed by atoms with E-state index in [0.29, 0.717) is 52.2 Å². The van der Waals surface area contributed by atoms with E-state index >= 15 is 0 Å². The lowest BCUT2D eigenvalue weighted by Gasteiger charge is -2.30. The largest absolute Gasteiger partial charge is 0.478 e. The number of pyridine rings is 2. The predicted octanol–water partition coefficient (Wildman–Crippen LogP) is 6.52. The molecule has 1 aliphatic carbocycles. The van der Waals surface area contributed by atoms with Crippen molar-refractivity contribution in [2.75, 3.05) is 18.4 Å². The van der Waals surface area contributed by atoms with Crippen LogP contribution in [0.15, 0.2) is 60.9 Å². The third-order valence-corrected chi connectivity index (χ3v) is 8.76. The molecule has 2 aromatic carbocycles. The molecule has 0 unspecified atom stereocenters. The summed E-state index contributed by atoms with van der Waals surface area (Å²) in [5, 5.41) is 32.3. The Morgan fingerprint density at radius 1 is 1.09 bits per heavy atom. The van der Waals surface area contributed by atoms with Gasteiger partial charge in [-0.15, -0.1) is 10.2 Å². The lowest BCUT2D eigenvalue weighted by atomic mass is 9.96. The van der Waals surface area contributed by atoms with E-state index in [1.165, 1.54) is 6.42 Å². The number of hydrogen-bond acceptors (Lipinski definition) is 8. The molecule has 0 amide bonds. The van der Waals surface area contributed by atoms with Crippen molar-refractivity contribution in [3.8, 4) is 28.6 Å². The molecular weight excluding hydrogens is 564 g/mol. The zero-order valence-corrected chi connectivity index (χ0v) is 25.4. The molecule has 10 nitrogen and oxygen atoms in total. The summed E-state index contributed by atoms with van der Waals surface area (Å²) in [6.07, 6.45) is 6.15. The minimum absolute atomic E-state index is 0.221. The topological polar surface area (TPSA) is 133 Å². The molecule has 0 bridgehead atoms. The first-order chi connectivity index (χ1) is 21.9. The summed E-state index contributed by atoms with van der Waals surface area (Å²) in [7, 11) is 1.88. The number of carboxylic acid groups (broad SMARTS) is 1. The predicted molar refractivity (Wildman–Crippen MR) is 172 cm³/mol. The number of hydrogen-bond donors (Lipinski definition) is 2. The number of likely N-dealkylation sites (tertiary alicyclic amines) is 1. The van der Waals surface area contributed by atoms with E-state index < -0.39 is 5.97 Å². The number of nitriles is 1. The van der Waals surface area contributed by atoms with Gasteiger partial charge in [0.2, 0.25) is 0 Å². The molecule has 2 N–H and O–H groups in total. The fourth-order valence-corrected chi connectivity index (χ4v) is 6.43. The number of anilines is 2. The number of aryl methyl sites for hydroxylation is 1. The molecule has 1 saturated heterocycles. The van der Waals surface area contributed by atoms with Crippen LogP contribution < -0.4 is 5.32 Å². The number of carboxylic acids is 1. The van der Waals surface area contributed by atoms with E-state index in [2.05, 4.69) is 39.5 Å². The number of rotatable bonds is 8. The van der Waals surface area contributed by atoms with Crippen LogP contribution in [0.4, 0.5) is 11.5 Å². The molecule has 45 heavy (non-hydrogen) atoms. The molecule has 1 aliphatic heterocycles. The lowest BCUT2D eigenvalue weighted by Crippen LogP contribution is -2.34. The van der Waals surface area contributed by atoms with Gasteiger partial charge in [-0.1, -0.05) is 19.1 Å². The average molecular weight is 599 g/mol. The Morgan fingerprint density at radius 2 is 1.96 bits per heavy atom. The zero-order chi connectivity index (χ0) is 31.1. The highest BCUT2D eigenvalue weighted by atomic mass is 16.4. The van der Waals surface area contributed by atoms with Gasteiger partial charge in [0.05, 0.1) is 28.4 Å². The highest BCUT2D eigenvalue weighted by molar-refractivity contribution is 6.08. The van der Waals surface area contributed by atoms with Gasteiger partial charge in [0, 0.05) is 48.4 Å². The third-order valence-electron chi connectivity index (χ3n) is 8.76. The van der Waals surface area contributed by atoms with Crippen molar-refractivity contribution in [2.45, 2.75) is 45.1 Å². The summed E-state index contributed by atoms with van der Waals surface area (Å²) in [4.78, 5) is 24.9. The maximum atomic E-state index is 12.6. The average Bonchev–Trinajstić information content (AvgIpc) is 3.80. The summed E-state index contributed by atoms with van der Waals surface area (Å²) < 4.78 is 1.83. The van der Waals surface area contributed by atoms with E-state index in [1.807, 2.05) is 48.0 Å². The second kappa shape index (κ2) is 11.7. The molecule has 4 heterocycles. The molecule has 5 aromatic rings. The van der Waals surface area contributed by atoms with Crippen molar-refractivity contribution in [3.63, 3.8) is 0 Å². The number of piperidine rings is 1. The molecule has 1 atom stereocenters. The maximum Gasteiger partial charge on any atom is 0.336 e. The number of nitrogens with one attached hydrogen (secondary N) is 1. The number of aromatic carboxylic acids is 1. The first-order valence-corrected chi connectivity index (χ1v) is 15.4. The van der Waals surface area contributed by atoms with Crippen molar-refractivity contribution in [1.29, 1.82) is 5.26 Å². The first kappa shape index (κ1) is 28.6. The molecule has 3 aromatic heterocycles. The highest BCUT2D eigenvalue weighted by Crippen LogP contribution is 2.42. The smallest absolute Gasteiger partial charge is 0.336 e. The van der Waals surface area contributed by atoms with Crippen LogP contribution in [0.2, 0.25) is 0 Å². The summed E-state index contributed by atoms with van der Waals surface area (Å²) in [6, 6.07) is 19.2. The first-order valence-electron chi connectivity index (χ1n) is 15.4. The number of fused-ring (bicyclic) bond motifs is 1. The van der Waals surface area contributed by atoms with E-state index in [4.69, 9.17) is 9.97 Å². The molecule has 226 valence electrons. The number of nitrogens with zero attached hydrogens (tertiary/aromatic N) is 7.